The lowest BCUT2D eigenvalue weighted by Gasteiger charge is -2.12. The first-order valence-electron chi connectivity index (χ1n) is 7.79. The molecule has 1 saturated heterocycles. The van der Waals surface area contributed by atoms with Crippen LogP contribution in [0.4, 0.5) is 4.79 Å². The van der Waals surface area contributed by atoms with Gasteiger partial charge in [0.25, 0.3) is 0 Å². The smallest absolute Gasteiger partial charge is 0.409 e. The fourth-order valence-electron chi connectivity index (χ4n) is 2.33. The molecule has 0 aliphatic carbocycles. The molecule has 1 fully saturated rings. The third-order valence-electron chi connectivity index (χ3n) is 3.61. The number of nitrogens with zero attached hydrogens (tertiary/aromatic N) is 3. The quantitative estimate of drug-likeness (QED) is 0.820. The molecule has 0 spiro atoms. The molecule has 126 valence electrons. The predicted molar refractivity (Wildman–Crippen MR) is 84.0 cm³/mol. The van der Waals surface area contributed by atoms with E-state index in [9.17, 15) is 9.59 Å². The number of aromatic nitrogens is 2. The van der Waals surface area contributed by atoms with Crippen molar-refractivity contribution in [2.45, 2.75) is 12.8 Å². The van der Waals surface area contributed by atoms with Crippen molar-refractivity contribution >= 4 is 12.0 Å². The molecule has 1 aliphatic heterocycles. The summed E-state index contributed by atoms with van der Waals surface area (Å²) >= 11 is 0. The van der Waals surface area contributed by atoms with Crippen LogP contribution in [0.1, 0.15) is 12.3 Å². The minimum Gasteiger partial charge on any atom is -0.448 e. The summed E-state index contributed by atoms with van der Waals surface area (Å²) in [6, 6.07) is 9.50. The highest BCUT2D eigenvalue weighted by Gasteiger charge is 2.21. The number of aryl methyl sites for hydroxylation is 1. The Morgan fingerprint density at radius 2 is 2.12 bits per heavy atom. The highest BCUT2D eigenvalue weighted by atomic mass is 16.6. The lowest BCUT2D eigenvalue weighted by molar-refractivity contribution is -0.121. The van der Waals surface area contributed by atoms with Gasteiger partial charge in [-0.1, -0.05) is 35.5 Å². The number of ether oxygens (including phenoxy) is 1. The predicted octanol–water partition coefficient (Wildman–Crippen LogP) is 1.24. The van der Waals surface area contributed by atoms with Gasteiger partial charge in [-0.3, -0.25) is 4.79 Å². The summed E-state index contributed by atoms with van der Waals surface area (Å²) in [6.07, 6.45) is 0.293. The normalized spacial score (nSPS) is 13.8. The molecule has 2 heterocycles. The van der Waals surface area contributed by atoms with Crippen LogP contribution in [0.25, 0.3) is 11.4 Å². The first-order chi connectivity index (χ1) is 11.7. The summed E-state index contributed by atoms with van der Waals surface area (Å²) in [5.41, 5.74) is 0.870. The third-order valence-corrected chi connectivity index (χ3v) is 3.61. The molecular weight excluding hydrogens is 312 g/mol. The van der Waals surface area contributed by atoms with Gasteiger partial charge in [-0.15, -0.1) is 0 Å². The Balaban J connectivity index is 1.40. The summed E-state index contributed by atoms with van der Waals surface area (Å²) < 4.78 is 9.97. The van der Waals surface area contributed by atoms with Crippen molar-refractivity contribution in [2.24, 2.45) is 0 Å². The van der Waals surface area contributed by atoms with Crippen LogP contribution in [-0.4, -0.2) is 53.3 Å². The molecule has 8 heteroatoms. The Kier molecular flexibility index (Phi) is 5.05. The summed E-state index contributed by atoms with van der Waals surface area (Å²) in [7, 11) is 0. The number of hydrogen-bond donors (Lipinski definition) is 1. The van der Waals surface area contributed by atoms with E-state index in [0.717, 1.165) is 5.56 Å². The summed E-state index contributed by atoms with van der Waals surface area (Å²) in [5, 5.41) is 6.67. The molecule has 8 nitrogen and oxygen atoms in total. The van der Waals surface area contributed by atoms with E-state index < -0.39 is 0 Å². The zero-order valence-corrected chi connectivity index (χ0v) is 13.1. The van der Waals surface area contributed by atoms with E-state index in [2.05, 4.69) is 15.5 Å². The molecule has 0 radical (unpaired) electrons. The van der Waals surface area contributed by atoms with Crippen molar-refractivity contribution in [3.8, 4) is 11.4 Å². The highest BCUT2D eigenvalue weighted by molar-refractivity contribution is 5.76. The van der Waals surface area contributed by atoms with Crippen molar-refractivity contribution in [1.29, 1.82) is 0 Å². The molecular formula is C16H18N4O4. The molecule has 0 saturated carbocycles. The second-order valence-electron chi connectivity index (χ2n) is 5.33. The molecule has 2 amide bonds. The van der Waals surface area contributed by atoms with Gasteiger partial charge < -0.3 is 19.5 Å². The first-order valence-corrected chi connectivity index (χ1v) is 7.79. The van der Waals surface area contributed by atoms with Gasteiger partial charge >= 0.3 is 6.09 Å². The number of nitrogens with one attached hydrogen (secondary N) is 1. The Morgan fingerprint density at radius 1 is 1.29 bits per heavy atom. The largest absolute Gasteiger partial charge is 0.448 e. The van der Waals surface area contributed by atoms with Crippen LogP contribution in [0.3, 0.4) is 0 Å². The molecule has 1 N–H and O–H groups in total. The van der Waals surface area contributed by atoms with Gasteiger partial charge in [0.15, 0.2) is 0 Å². The fraction of sp³-hybridized carbons (Fsp3) is 0.375. The van der Waals surface area contributed by atoms with Gasteiger partial charge in [-0.2, -0.15) is 4.98 Å². The Hall–Kier alpha value is -2.90. The molecule has 3 rings (SSSR count). The molecule has 0 atom stereocenters. The highest BCUT2D eigenvalue weighted by Crippen LogP contribution is 2.15. The van der Waals surface area contributed by atoms with Crippen LogP contribution < -0.4 is 5.32 Å². The first kappa shape index (κ1) is 16.0. The van der Waals surface area contributed by atoms with Crippen molar-refractivity contribution in [3.05, 3.63) is 36.2 Å². The average Bonchev–Trinajstić information content (AvgIpc) is 3.23. The van der Waals surface area contributed by atoms with E-state index in [0.29, 0.717) is 44.4 Å². The zero-order chi connectivity index (χ0) is 16.8. The van der Waals surface area contributed by atoms with Crippen molar-refractivity contribution in [3.63, 3.8) is 0 Å². The van der Waals surface area contributed by atoms with E-state index in [4.69, 9.17) is 9.26 Å². The van der Waals surface area contributed by atoms with Crippen LogP contribution in [0.2, 0.25) is 0 Å². The second-order valence-corrected chi connectivity index (χ2v) is 5.33. The average molecular weight is 330 g/mol. The molecule has 1 aromatic heterocycles. The van der Waals surface area contributed by atoms with Gasteiger partial charge in [0.1, 0.15) is 6.61 Å². The van der Waals surface area contributed by atoms with Gasteiger partial charge in [0.2, 0.25) is 17.6 Å². The fourth-order valence-corrected chi connectivity index (χ4v) is 2.33. The zero-order valence-electron chi connectivity index (χ0n) is 13.1. The molecule has 0 unspecified atom stereocenters. The van der Waals surface area contributed by atoms with Crippen molar-refractivity contribution in [2.75, 3.05) is 26.2 Å². The number of amides is 2. The van der Waals surface area contributed by atoms with E-state index in [1.807, 2.05) is 30.3 Å². The number of rotatable bonds is 7. The van der Waals surface area contributed by atoms with Crippen molar-refractivity contribution in [1.82, 2.24) is 20.4 Å². The molecule has 1 aliphatic rings. The third kappa shape index (κ3) is 4.09. The summed E-state index contributed by atoms with van der Waals surface area (Å²) in [4.78, 5) is 28.9. The maximum atomic E-state index is 11.8. The van der Waals surface area contributed by atoms with Crippen LogP contribution in [0, 0.1) is 0 Å². The maximum absolute atomic E-state index is 11.8. The standard InChI is InChI=1S/C16H18N4O4/c21-13(17-8-9-20-10-11-23-16(20)22)6-7-14-18-15(19-24-14)12-4-2-1-3-5-12/h1-5H,6-11H2,(H,17,21). The van der Waals surface area contributed by atoms with Crippen LogP contribution >= 0.6 is 0 Å². The van der Waals surface area contributed by atoms with E-state index >= 15 is 0 Å². The molecule has 0 bridgehead atoms. The Bertz CT molecular complexity index is 701. The maximum Gasteiger partial charge on any atom is 0.409 e. The van der Waals surface area contributed by atoms with E-state index in [1.165, 1.54) is 0 Å². The Morgan fingerprint density at radius 3 is 2.88 bits per heavy atom. The SMILES string of the molecule is O=C(CCc1nc(-c2ccccc2)no1)NCCN1CCOC1=O. The molecule has 2 aromatic rings. The number of cyclic esters (lactones) is 1. The number of carbonyl (C=O) groups excluding carboxylic acids is 2. The lowest BCUT2D eigenvalue weighted by Crippen LogP contribution is -2.35. The van der Waals surface area contributed by atoms with Crippen molar-refractivity contribution < 1.29 is 18.8 Å². The monoisotopic (exact) mass is 330 g/mol. The van der Waals surface area contributed by atoms with Crippen LogP contribution in [-0.2, 0) is 16.0 Å². The number of carbonyl (C=O) groups is 2. The summed E-state index contributed by atoms with van der Waals surface area (Å²) in [5.74, 6) is 0.813. The molecule has 24 heavy (non-hydrogen) atoms. The van der Waals surface area contributed by atoms with Crippen LogP contribution in [0.5, 0.6) is 0 Å². The Labute approximate surface area is 138 Å². The van der Waals surface area contributed by atoms with Gasteiger partial charge in [-0.05, 0) is 0 Å². The van der Waals surface area contributed by atoms with E-state index in [-0.39, 0.29) is 18.4 Å². The number of hydrogen-bond acceptors (Lipinski definition) is 6. The van der Waals surface area contributed by atoms with Gasteiger partial charge in [-0.25, -0.2) is 4.79 Å². The van der Waals surface area contributed by atoms with Gasteiger partial charge in [0.05, 0.1) is 6.54 Å². The number of benzene rings is 1. The second kappa shape index (κ2) is 7.58. The molecule has 1 aromatic carbocycles. The topological polar surface area (TPSA) is 97.6 Å². The van der Waals surface area contributed by atoms with Crippen LogP contribution in [0.15, 0.2) is 34.9 Å². The minimum atomic E-state index is -0.330. The van der Waals surface area contributed by atoms with E-state index in [1.54, 1.807) is 4.90 Å². The minimum absolute atomic E-state index is 0.123. The lowest BCUT2D eigenvalue weighted by atomic mass is 10.2. The summed E-state index contributed by atoms with van der Waals surface area (Å²) in [6.45, 7) is 1.82. The van der Waals surface area contributed by atoms with Gasteiger partial charge in [0, 0.05) is 31.5 Å².